The molecule has 2 aromatic heterocycles. The minimum atomic E-state index is 0.820. The van der Waals surface area contributed by atoms with Crippen LogP contribution >= 0.6 is 0 Å². The number of hydrogen-bond donors (Lipinski definition) is 0. The van der Waals surface area contributed by atoms with E-state index < -0.39 is 0 Å². The van der Waals surface area contributed by atoms with Crippen LogP contribution in [0.3, 0.4) is 0 Å². The summed E-state index contributed by atoms with van der Waals surface area (Å²) >= 11 is 0. The van der Waals surface area contributed by atoms with Gasteiger partial charge in [0, 0.05) is 39.0 Å². The summed E-state index contributed by atoms with van der Waals surface area (Å²) in [6, 6.07) is 69.6. The lowest BCUT2D eigenvalue weighted by atomic mass is 9.97. The highest BCUT2D eigenvalue weighted by Gasteiger charge is 2.20. The second-order valence-electron chi connectivity index (χ2n) is 13.4. The molecule has 0 atom stereocenters. The Morgan fingerprint density at radius 3 is 1.63 bits per heavy atom. The predicted molar refractivity (Wildman–Crippen MR) is 223 cm³/mol. The summed E-state index contributed by atoms with van der Waals surface area (Å²) < 4.78 is 6.58. The average molecular weight is 692 g/mol. The summed E-state index contributed by atoms with van der Waals surface area (Å²) in [7, 11) is 0. The number of anilines is 3. The highest BCUT2D eigenvalue weighted by Crippen LogP contribution is 2.42. The van der Waals surface area contributed by atoms with E-state index in [-0.39, 0.29) is 0 Å². The van der Waals surface area contributed by atoms with Crippen LogP contribution in [0.4, 0.5) is 17.1 Å². The zero-order valence-corrected chi connectivity index (χ0v) is 29.3. The van der Waals surface area contributed by atoms with Crippen LogP contribution < -0.4 is 4.90 Å². The number of rotatable bonds is 7. The third kappa shape index (κ3) is 5.67. The molecule has 0 spiro atoms. The molecule has 0 aliphatic heterocycles. The molecule has 4 nitrogen and oxygen atoms in total. The van der Waals surface area contributed by atoms with Crippen molar-refractivity contribution in [2.75, 3.05) is 4.90 Å². The van der Waals surface area contributed by atoms with Gasteiger partial charge in [0.2, 0.25) is 0 Å². The molecule has 0 amide bonds. The zero-order valence-electron chi connectivity index (χ0n) is 29.3. The molecule has 8 aromatic carbocycles. The minimum absolute atomic E-state index is 0.820. The smallest absolute Gasteiger partial charge is 0.136 e. The maximum atomic E-state index is 6.58. The van der Waals surface area contributed by atoms with E-state index >= 15 is 0 Å². The molecular formula is C50H33N3O. The largest absolute Gasteiger partial charge is 0.456 e. The number of furan rings is 1. The van der Waals surface area contributed by atoms with Gasteiger partial charge in [0.15, 0.2) is 0 Å². The first-order valence-electron chi connectivity index (χ1n) is 18.2. The number of fused-ring (bicyclic) bond motifs is 4. The van der Waals surface area contributed by atoms with Gasteiger partial charge in [-0.25, -0.2) is 9.97 Å². The normalized spacial score (nSPS) is 11.3. The van der Waals surface area contributed by atoms with Crippen LogP contribution in [0.2, 0.25) is 0 Å². The van der Waals surface area contributed by atoms with E-state index in [1.165, 1.54) is 11.1 Å². The molecule has 0 saturated heterocycles. The highest BCUT2D eigenvalue weighted by atomic mass is 16.3. The Kier molecular flexibility index (Phi) is 7.77. The van der Waals surface area contributed by atoms with Gasteiger partial charge in [0.05, 0.1) is 22.4 Å². The molecule has 254 valence electrons. The highest BCUT2D eigenvalue weighted by molar-refractivity contribution is 6.14. The second-order valence-corrected chi connectivity index (χ2v) is 13.4. The summed E-state index contributed by atoms with van der Waals surface area (Å²) in [5.41, 5.74) is 14.9. The molecule has 0 fully saturated rings. The number of aromatic nitrogens is 2. The molecular weight excluding hydrogens is 659 g/mol. The monoisotopic (exact) mass is 691 g/mol. The van der Waals surface area contributed by atoms with Crippen molar-refractivity contribution in [2.45, 2.75) is 0 Å². The Morgan fingerprint density at radius 2 is 0.889 bits per heavy atom. The summed E-state index contributed by atoms with van der Waals surface area (Å²) in [6.45, 7) is 0. The van der Waals surface area contributed by atoms with Crippen LogP contribution in [-0.2, 0) is 0 Å². The molecule has 4 heteroatoms. The molecule has 54 heavy (non-hydrogen) atoms. The van der Waals surface area contributed by atoms with E-state index in [0.29, 0.717) is 0 Å². The van der Waals surface area contributed by atoms with E-state index in [2.05, 4.69) is 150 Å². The van der Waals surface area contributed by atoms with Crippen molar-refractivity contribution in [3.05, 3.63) is 200 Å². The maximum Gasteiger partial charge on any atom is 0.136 e. The van der Waals surface area contributed by atoms with Crippen LogP contribution in [0, 0.1) is 0 Å². The van der Waals surface area contributed by atoms with E-state index in [4.69, 9.17) is 14.4 Å². The van der Waals surface area contributed by atoms with Gasteiger partial charge in [0.25, 0.3) is 0 Å². The quantitative estimate of drug-likeness (QED) is 0.167. The van der Waals surface area contributed by atoms with Gasteiger partial charge in [-0.3, -0.25) is 0 Å². The van der Waals surface area contributed by atoms with Gasteiger partial charge < -0.3 is 9.32 Å². The number of nitrogens with zero attached hydrogens (tertiary/aromatic N) is 3. The molecule has 2 heterocycles. The van der Waals surface area contributed by atoms with Crippen LogP contribution in [0.5, 0.6) is 0 Å². The molecule has 0 N–H and O–H groups in total. The molecule has 0 aliphatic rings. The van der Waals surface area contributed by atoms with Crippen molar-refractivity contribution in [1.82, 2.24) is 9.97 Å². The van der Waals surface area contributed by atoms with Crippen molar-refractivity contribution in [3.8, 4) is 44.8 Å². The van der Waals surface area contributed by atoms with Crippen molar-refractivity contribution < 1.29 is 4.42 Å². The molecule has 0 radical (unpaired) electrons. The van der Waals surface area contributed by atoms with Crippen LogP contribution in [-0.4, -0.2) is 9.97 Å². The fraction of sp³-hybridized carbons (Fsp3) is 0. The Morgan fingerprint density at radius 1 is 0.352 bits per heavy atom. The van der Waals surface area contributed by atoms with Crippen molar-refractivity contribution in [2.24, 2.45) is 0 Å². The van der Waals surface area contributed by atoms with Crippen molar-refractivity contribution in [3.63, 3.8) is 0 Å². The van der Waals surface area contributed by atoms with Gasteiger partial charge in [-0.2, -0.15) is 0 Å². The Labute approximate surface area is 313 Å². The van der Waals surface area contributed by atoms with Gasteiger partial charge >= 0.3 is 0 Å². The molecule has 0 bridgehead atoms. The molecule has 10 aromatic rings. The average Bonchev–Trinajstić information content (AvgIpc) is 3.63. The summed E-state index contributed by atoms with van der Waals surface area (Å²) in [6.07, 6.45) is 0. The number of benzene rings is 8. The third-order valence-electron chi connectivity index (χ3n) is 10.1. The first-order chi connectivity index (χ1) is 26.8. The number of para-hydroxylation sites is 3. The van der Waals surface area contributed by atoms with Crippen LogP contribution in [0.25, 0.3) is 77.7 Å². The Bertz CT molecular complexity index is 2920. The lowest BCUT2D eigenvalue weighted by molar-refractivity contribution is 0.669. The third-order valence-corrected chi connectivity index (χ3v) is 10.1. The molecule has 0 aliphatic carbocycles. The summed E-state index contributed by atoms with van der Waals surface area (Å²) in [5.74, 6) is 0. The number of hydrogen-bond acceptors (Lipinski definition) is 4. The zero-order chi connectivity index (χ0) is 35.8. The molecule has 0 saturated carbocycles. The van der Waals surface area contributed by atoms with Gasteiger partial charge in [-0.15, -0.1) is 0 Å². The molecule has 0 unspecified atom stereocenters. The van der Waals surface area contributed by atoms with E-state index in [9.17, 15) is 0 Å². The fourth-order valence-electron chi connectivity index (χ4n) is 7.47. The maximum absolute atomic E-state index is 6.58. The van der Waals surface area contributed by atoms with Crippen LogP contribution in [0.1, 0.15) is 0 Å². The first kappa shape index (κ1) is 31.4. The lowest BCUT2D eigenvalue weighted by Crippen LogP contribution is -2.09. The SMILES string of the molecule is c1ccc(-c2cccc(N(c3ccccc3)c3ccc(-c4ccc5c(c4)oc4cccc(-c6nc7ccccc7nc6-c6ccccc6)c45)cc3)c2)cc1. The second kappa shape index (κ2) is 13.4. The van der Waals surface area contributed by atoms with Gasteiger partial charge in [0.1, 0.15) is 11.2 Å². The predicted octanol–water partition coefficient (Wildman–Crippen LogP) is 13.7. The lowest BCUT2D eigenvalue weighted by Gasteiger charge is -2.26. The van der Waals surface area contributed by atoms with Crippen molar-refractivity contribution in [1.29, 1.82) is 0 Å². The standard InChI is InChI=1S/C50H33N3O/c1-4-14-34(15-5-1)37-18-12-21-41(32-37)53(39-19-8-3-9-20-39)40-29-26-35(27-30-40)38-28-31-42-47(33-38)54-46-25-13-22-43(48(42)46)50-49(36-16-6-2-7-17-36)51-44-23-10-11-24-45(44)52-50/h1-33H. The van der Waals surface area contributed by atoms with Crippen LogP contribution in [0.15, 0.2) is 205 Å². The summed E-state index contributed by atoms with van der Waals surface area (Å²) in [4.78, 5) is 12.6. The van der Waals surface area contributed by atoms with E-state index in [1.54, 1.807) is 0 Å². The van der Waals surface area contributed by atoms with E-state index in [0.717, 1.165) is 83.7 Å². The Balaban J connectivity index is 1.04. The van der Waals surface area contributed by atoms with Gasteiger partial charge in [-0.1, -0.05) is 133 Å². The van der Waals surface area contributed by atoms with Gasteiger partial charge in [-0.05, 0) is 89.0 Å². The first-order valence-corrected chi connectivity index (χ1v) is 18.2. The van der Waals surface area contributed by atoms with E-state index in [1.807, 2.05) is 54.6 Å². The summed E-state index contributed by atoms with van der Waals surface area (Å²) in [5, 5.41) is 2.08. The molecule has 10 rings (SSSR count). The fourth-order valence-corrected chi connectivity index (χ4v) is 7.47. The van der Waals surface area contributed by atoms with Crippen molar-refractivity contribution >= 4 is 50.0 Å². The minimum Gasteiger partial charge on any atom is -0.456 e. The topological polar surface area (TPSA) is 42.2 Å². The Hall–Kier alpha value is -7.30.